The van der Waals surface area contributed by atoms with Gasteiger partial charge in [-0.15, -0.1) is 0 Å². The molecule has 1 aliphatic rings. The summed E-state index contributed by atoms with van der Waals surface area (Å²) in [7, 11) is 1.59. The molecule has 1 fully saturated rings. The van der Waals surface area contributed by atoms with Crippen molar-refractivity contribution >= 4 is 5.91 Å². The Morgan fingerprint density at radius 3 is 2.43 bits per heavy atom. The monoisotopic (exact) mass is 317 g/mol. The highest BCUT2D eigenvalue weighted by Gasteiger charge is 2.34. The van der Waals surface area contributed by atoms with E-state index in [-0.39, 0.29) is 11.6 Å². The Bertz CT molecular complexity index is 711. The molecular weight excluding hydrogens is 300 g/mol. The van der Waals surface area contributed by atoms with Crippen molar-refractivity contribution in [2.24, 2.45) is 0 Å². The normalized spacial score (nSPS) is 13.7. The number of amides is 1. The highest BCUT2D eigenvalue weighted by Crippen LogP contribution is 2.30. The van der Waals surface area contributed by atoms with E-state index in [0.29, 0.717) is 6.54 Å². The molecule has 0 N–H and O–H groups in total. The van der Waals surface area contributed by atoms with Gasteiger partial charge in [-0.1, -0.05) is 12.1 Å². The highest BCUT2D eigenvalue weighted by molar-refractivity contribution is 5.94. The van der Waals surface area contributed by atoms with Crippen molar-refractivity contribution in [1.29, 1.82) is 0 Å². The van der Waals surface area contributed by atoms with E-state index < -0.39 is 17.5 Å². The van der Waals surface area contributed by atoms with E-state index in [1.807, 2.05) is 24.3 Å². The van der Waals surface area contributed by atoms with Gasteiger partial charge in [0.15, 0.2) is 0 Å². The molecule has 120 valence electrons. The van der Waals surface area contributed by atoms with Crippen molar-refractivity contribution < 1.29 is 18.3 Å². The molecule has 0 spiro atoms. The van der Waals surface area contributed by atoms with Gasteiger partial charge < -0.3 is 9.64 Å². The second-order valence-electron chi connectivity index (χ2n) is 5.64. The fourth-order valence-electron chi connectivity index (χ4n) is 2.50. The van der Waals surface area contributed by atoms with Crippen LogP contribution in [0.4, 0.5) is 8.78 Å². The number of hydrogen-bond donors (Lipinski definition) is 0. The summed E-state index contributed by atoms with van der Waals surface area (Å²) in [5, 5.41) is 0. The SMILES string of the molecule is COc1ccc(CN(C(=O)c2ccc(F)cc2F)C2CC2)cc1. The number of ether oxygens (including phenoxy) is 1. The number of carbonyl (C=O) groups is 1. The topological polar surface area (TPSA) is 29.5 Å². The number of methoxy groups -OCH3 is 1. The molecule has 23 heavy (non-hydrogen) atoms. The summed E-state index contributed by atoms with van der Waals surface area (Å²) in [5.74, 6) is -1.17. The molecule has 2 aromatic carbocycles. The predicted octanol–water partition coefficient (Wildman–Crippen LogP) is 3.78. The van der Waals surface area contributed by atoms with E-state index in [1.165, 1.54) is 6.07 Å². The molecule has 0 bridgehead atoms. The van der Waals surface area contributed by atoms with E-state index in [2.05, 4.69) is 0 Å². The van der Waals surface area contributed by atoms with Crippen LogP contribution in [-0.2, 0) is 6.54 Å². The van der Waals surface area contributed by atoms with E-state index >= 15 is 0 Å². The molecule has 3 nitrogen and oxygen atoms in total. The van der Waals surface area contributed by atoms with Gasteiger partial charge in [-0.05, 0) is 42.7 Å². The quantitative estimate of drug-likeness (QED) is 0.840. The molecule has 0 heterocycles. The molecule has 0 radical (unpaired) electrons. The molecule has 0 aromatic heterocycles. The minimum Gasteiger partial charge on any atom is -0.497 e. The van der Waals surface area contributed by atoms with Crippen molar-refractivity contribution in [2.45, 2.75) is 25.4 Å². The fraction of sp³-hybridized carbons (Fsp3) is 0.278. The lowest BCUT2D eigenvalue weighted by atomic mass is 10.1. The first-order chi connectivity index (χ1) is 11.1. The highest BCUT2D eigenvalue weighted by atomic mass is 19.1. The second kappa shape index (κ2) is 6.36. The number of carbonyl (C=O) groups excluding carboxylic acids is 1. The Kier molecular flexibility index (Phi) is 4.28. The van der Waals surface area contributed by atoms with E-state index in [4.69, 9.17) is 4.74 Å². The summed E-state index contributed by atoms with van der Waals surface area (Å²) in [6.07, 6.45) is 1.81. The molecule has 0 unspecified atom stereocenters. The van der Waals surface area contributed by atoms with Crippen LogP contribution >= 0.6 is 0 Å². The molecule has 1 aliphatic carbocycles. The van der Waals surface area contributed by atoms with Crippen LogP contribution < -0.4 is 4.74 Å². The smallest absolute Gasteiger partial charge is 0.257 e. The van der Waals surface area contributed by atoms with Gasteiger partial charge in [0.1, 0.15) is 17.4 Å². The van der Waals surface area contributed by atoms with Gasteiger partial charge in [0, 0.05) is 18.7 Å². The van der Waals surface area contributed by atoms with Crippen molar-refractivity contribution in [3.8, 4) is 5.75 Å². The van der Waals surface area contributed by atoms with Crippen molar-refractivity contribution in [3.05, 3.63) is 65.2 Å². The van der Waals surface area contributed by atoms with Crippen LogP contribution in [0.3, 0.4) is 0 Å². The van der Waals surface area contributed by atoms with Gasteiger partial charge in [-0.3, -0.25) is 4.79 Å². The van der Waals surface area contributed by atoms with Crippen molar-refractivity contribution in [1.82, 2.24) is 4.90 Å². The molecule has 1 amide bonds. The zero-order chi connectivity index (χ0) is 16.4. The number of rotatable bonds is 5. The summed E-state index contributed by atoms with van der Waals surface area (Å²) in [6.45, 7) is 0.393. The summed E-state index contributed by atoms with van der Waals surface area (Å²) in [6, 6.07) is 10.6. The summed E-state index contributed by atoms with van der Waals surface area (Å²) < 4.78 is 32.0. The lowest BCUT2D eigenvalue weighted by molar-refractivity contribution is 0.0725. The van der Waals surface area contributed by atoms with E-state index in [9.17, 15) is 13.6 Å². The average molecular weight is 317 g/mol. The molecular formula is C18H17F2NO2. The molecule has 2 aromatic rings. The van der Waals surface area contributed by atoms with Gasteiger partial charge in [-0.2, -0.15) is 0 Å². The molecule has 0 saturated heterocycles. The first kappa shape index (κ1) is 15.5. The number of hydrogen-bond acceptors (Lipinski definition) is 2. The molecule has 5 heteroatoms. The standard InChI is InChI=1S/C18H17F2NO2/c1-23-15-7-2-12(3-8-15)11-21(14-5-6-14)18(22)16-9-4-13(19)10-17(16)20/h2-4,7-10,14H,5-6,11H2,1H3. The van der Waals surface area contributed by atoms with Crippen molar-refractivity contribution in [3.63, 3.8) is 0 Å². The third kappa shape index (κ3) is 3.50. The number of benzene rings is 2. The number of halogens is 2. The van der Waals surface area contributed by atoms with E-state index in [1.54, 1.807) is 12.0 Å². The predicted molar refractivity (Wildman–Crippen MR) is 82.2 cm³/mol. The second-order valence-corrected chi connectivity index (χ2v) is 5.64. The Labute approximate surface area is 133 Å². The maximum absolute atomic E-state index is 13.9. The van der Waals surface area contributed by atoms with Crippen LogP contribution in [0, 0.1) is 11.6 Å². The Morgan fingerprint density at radius 2 is 1.87 bits per heavy atom. The summed E-state index contributed by atoms with van der Waals surface area (Å²) in [4.78, 5) is 14.3. The summed E-state index contributed by atoms with van der Waals surface area (Å²) in [5.41, 5.74) is 0.848. The van der Waals surface area contributed by atoms with Crippen LogP contribution in [-0.4, -0.2) is 24.0 Å². The third-order valence-corrected chi connectivity index (χ3v) is 3.92. The van der Waals surface area contributed by atoms with Crippen LogP contribution in [0.5, 0.6) is 5.75 Å². The van der Waals surface area contributed by atoms with Crippen molar-refractivity contribution in [2.75, 3.05) is 7.11 Å². The fourth-order valence-corrected chi connectivity index (χ4v) is 2.50. The largest absolute Gasteiger partial charge is 0.497 e. The maximum atomic E-state index is 13.9. The zero-order valence-electron chi connectivity index (χ0n) is 12.8. The van der Waals surface area contributed by atoms with E-state index in [0.717, 1.165) is 36.3 Å². The number of nitrogens with zero attached hydrogens (tertiary/aromatic N) is 1. The van der Waals surface area contributed by atoms with Gasteiger partial charge in [-0.25, -0.2) is 8.78 Å². The van der Waals surface area contributed by atoms with Gasteiger partial charge in [0.05, 0.1) is 12.7 Å². The molecule has 1 saturated carbocycles. The maximum Gasteiger partial charge on any atom is 0.257 e. The first-order valence-electron chi connectivity index (χ1n) is 7.47. The minimum absolute atomic E-state index is 0.0909. The zero-order valence-corrected chi connectivity index (χ0v) is 12.8. The average Bonchev–Trinajstić information content (AvgIpc) is 3.37. The molecule has 0 atom stereocenters. The Hall–Kier alpha value is -2.43. The Balaban J connectivity index is 1.81. The van der Waals surface area contributed by atoms with Crippen LogP contribution in [0.25, 0.3) is 0 Å². The lowest BCUT2D eigenvalue weighted by Gasteiger charge is -2.23. The molecule has 3 rings (SSSR count). The third-order valence-electron chi connectivity index (χ3n) is 3.92. The first-order valence-corrected chi connectivity index (χ1v) is 7.47. The minimum atomic E-state index is -0.824. The Morgan fingerprint density at radius 1 is 1.17 bits per heavy atom. The van der Waals surface area contributed by atoms with Gasteiger partial charge in [0.25, 0.3) is 5.91 Å². The van der Waals surface area contributed by atoms with Gasteiger partial charge >= 0.3 is 0 Å². The van der Waals surface area contributed by atoms with Crippen LogP contribution in [0.15, 0.2) is 42.5 Å². The summed E-state index contributed by atoms with van der Waals surface area (Å²) >= 11 is 0. The van der Waals surface area contributed by atoms with Gasteiger partial charge in [0.2, 0.25) is 0 Å². The lowest BCUT2D eigenvalue weighted by Crippen LogP contribution is -2.33. The molecule has 0 aliphatic heterocycles. The van der Waals surface area contributed by atoms with Crippen LogP contribution in [0.1, 0.15) is 28.8 Å². The van der Waals surface area contributed by atoms with Crippen LogP contribution in [0.2, 0.25) is 0 Å².